The molecular weight excluding hydrogens is 339 g/mol. The lowest BCUT2D eigenvalue weighted by molar-refractivity contribution is -0.143. The summed E-state index contributed by atoms with van der Waals surface area (Å²) in [5.74, 6) is -0.798. The topological polar surface area (TPSA) is 66.4 Å². The maximum atomic E-state index is 12.2. The van der Waals surface area contributed by atoms with Gasteiger partial charge in [-0.25, -0.2) is 4.79 Å². The Morgan fingerprint density at radius 3 is 2.36 bits per heavy atom. The van der Waals surface area contributed by atoms with E-state index in [4.69, 9.17) is 0 Å². The monoisotopic (exact) mass is 351 g/mol. The molecule has 1 amide bonds. The molecule has 1 atom stereocenters. The van der Waals surface area contributed by atoms with Crippen LogP contribution in [-0.4, -0.2) is 39.5 Å². The summed E-state index contributed by atoms with van der Waals surface area (Å²) < 4.78 is 36.7. The highest BCUT2D eigenvalue weighted by Crippen LogP contribution is 2.36. The standard InChI is InChI=1S/C13H12F3NO3S2/c14-13(15,16)22-9-3-1-8(2-4-9)10(18)17-12(11(19)20)5-6-21-7-12/h1-4H,5-7H2,(H,17,18)(H,19,20). The molecule has 0 bridgehead atoms. The fourth-order valence-electron chi connectivity index (χ4n) is 1.98. The van der Waals surface area contributed by atoms with Crippen LogP contribution in [0.2, 0.25) is 0 Å². The highest BCUT2D eigenvalue weighted by Gasteiger charge is 2.43. The zero-order valence-electron chi connectivity index (χ0n) is 11.1. The average Bonchev–Trinajstić information content (AvgIpc) is 2.87. The summed E-state index contributed by atoms with van der Waals surface area (Å²) in [6.07, 6.45) is 0.320. The molecule has 1 aliphatic rings. The first-order chi connectivity index (χ1) is 10.2. The van der Waals surface area contributed by atoms with Crippen LogP contribution in [0, 0.1) is 0 Å². The number of carboxylic acid groups (broad SMARTS) is 1. The van der Waals surface area contributed by atoms with E-state index in [0.717, 1.165) is 0 Å². The maximum absolute atomic E-state index is 12.2. The first kappa shape index (κ1) is 17.0. The number of nitrogens with one attached hydrogen (secondary N) is 1. The largest absolute Gasteiger partial charge is 0.479 e. The first-order valence-corrected chi connectivity index (χ1v) is 8.18. The summed E-state index contributed by atoms with van der Waals surface area (Å²) in [6.45, 7) is 0. The lowest BCUT2D eigenvalue weighted by Crippen LogP contribution is -2.54. The Kier molecular flexibility index (Phi) is 4.96. The highest BCUT2D eigenvalue weighted by atomic mass is 32.2. The average molecular weight is 351 g/mol. The molecule has 1 aromatic rings. The van der Waals surface area contributed by atoms with E-state index in [2.05, 4.69) is 5.32 Å². The molecule has 0 aromatic heterocycles. The van der Waals surface area contributed by atoms with Gasteiger partial charge in [0.15, 0.2) is 0 Å². The number of carbonyl (C=O) groups is 2. The Morgan fingerprint density at radius 1 is 1.27 bits per heavy atom. The van der Waals surface area contributed by atoms with Crippen LogP contribution in [0.15, 0.2) is 29.2 Å². The molecule has 1 unspecified atom stereocenters. The van der Waals surface area contributed by atoms with Gasteiger partial charge in [-0.1, -0.05) is 0 Å². The number of hydrogen-bond acceptors (Lipinski definition) is 4. The van der Waals surface area contributed by atoms with Crippen molar-refractivity contribution in [3.8, 4) is 0 Å². The van der Waals surface area contributed by atoms with Crippen LogP contribution in [0.1, 0.15) is 16.8 Å². The molecule has 2 N–H and O–H groups in total. The zero-order chi connectivity index (χ0) is 16.4. The smallest absolute Gasteiger partial charge is 0.446 e. The third kappa shape index (κ3) is 4.10. The number of aliphatic carboxylic acids is 1. The summed E-state index contributed by atoms with van der Waals surface area (Å²) in [7, 11) is 0. The van der Waals surface area contributed by atoms with Crippen LogP contribution < -0.4 is 5.32 Å². The Labute approximate surface area is 132 Å². The van der Waals surface area contributed by atoms with E-state index in [0.29, 0.717) is 12.2 Å². The summed E-state index contributed by atoms with van der Waals surface area (Å²) in [5.41, 5.74) is -5.57. The minimum atomic E-state index is -4.39. The molecule has 2 rings (SSSR count). The van der Waals surface area contributed by atoms with Gasteiger partial charge in [-0.05, 0) is 48.2 Å². The van der Waals surface area contributed by atoms with Gasteiger partial charge >= 0.3 is 11.5 Å². The van der Waals surface area contributed by atoms with Crippen molar-refractivity contribution in [1.29, 1.82) is 0 Å². The number of benzene rings is 1. The predicted molar refractivity (Wildman–Crippen MR) is 78.1 cm³/mol. The van der Waals surface area contributed by atoms with E-state index < -0.39 is 22.9 Å². The fraction of sp³-hybridized carbons (Fsp3) is 0.385. The van der Waals surface area contributed by atoms with Crippen LogP contribution in [0.4, 0.5) is 13.2 Å². The number of hydrogen-bond donors (Lipinski definition) is 2. The van der Waals surface area contributed by atoms with Crippen molar-refractivity contribution in [1.82, 2.24) is 5.32 Å². The quantitative estimate of drug-likeness (QED) is 0.817. The number of carboxylic acids is 1. The minimum absolute atomic E-state index is 0.0339. The zero-order valence-corrected chi connectivity index (χ0v) is 12.8. The van der Waals surface area contributed by atoms with Crippen molar-refractivity contribution in [2.24, 2.45) is 0 Å². The molecule has 1 fully saturated rings. The van der Waals surface area contributed by atoms with Crippen LogP contribution in [0.3, 0.4) is 0 Å². The van der Waals surface area contributed by atoms with Crippen LogP contribution in [-0.2, 0) is 4.79 Å². The maximum Gasteiger partial charge on any atom is 0.446 e. The molecule has 22 heavy (non-hydrogen) atoms. The van der Waals surface area contributed by atoms with Gasteiger partial charge < -0.3 is 10.4 Å². The van der Waals surface area contributed by atoms with E-state index >= 15 is 0 Å². The minimum Gasteiger partial charge on any atom is -0.479 e. The van der Waals surface area contributed by atoms with E-state index in [1.54, 1.807) is 0 Å². The Balaban J connectivity index is 2.08. The molecule has 120 valence electrons. The van der Waals surface area contributed by atoms with Gasteiger partial charge in [0.2, 0.25) is 0 Å². The Hall–Kier alpha value is -1.35. The van der Waals surface area contributed by atoms with E-state index in [-0.39, 0.29) is 28.0 Å². The van der Waals surface area contributed by atoms with E-state index in [1.165, 1.54) is 36.0 Å². The summed E-state index contributed by atoms with van der Waals surface area (Å²) in [6, 6.07) is 4.87. The molecule has 0 spiro atoms. The van der Waals surface area contributed by atoms with Crippen molar-refractivity contribution in [3.63, 3.8) is 0 Å². The number of carbonyl (C=O) groups excluding carboxylic acids is 1. The summed E-state index contributed by atoms with van der Waals surface area (Å²) in [4.78, 5) is 23.4. The van der Waals surface area contributed by atoms with Gasteiger partial charge in [0, 0.05) is 16.2 Å². The Morgan fingerprint density at radius 2 is 1.91 bits per heavy atom. The lowest BCUT2D eigenvalue weighted by Gasteiger charge is -2.24. The molecule has 1 aliphatic heterocycles. The van der Waals surface area contributed by atoms with E-state index in [9.17, 15) is 27.9 Å². The number of alkyl halides is 3. The summed E-state index contributed by atoms with van der Waals surface area (Å²) >= 11 is 1.16. The summed E-state index contributed by atoms with van der Waals surface area (Å²) in [5, 5.41) is 11.8. The van der Waals surface area contributed by atoms with Crippen molar-refractivity contribution in [3.05, 3.63) is 29.8 Å². The highest BCUT2D eigenvalue weighted by molar-refractivity contribution is 8.00. The van der Waals surface area contributed by atoms with Gasteiger partial charge in [0.25, 0.3) is 5.91 Å². The molecule has 0 aliphatic carbocycles. The van der Waals surface area contributed by atoms with Crippen molar-refractivity contribution in [2.75, 3.05) is 11.5 Å². The first-order valence-electron chi connectivity index (χ1n) is 6.21. The van der Waals surface area contributed by atoms with Crippen molar-refractivity contribution < 1.29 is 27.9 Å². The molecule has 1 saturated heterocycles. The normalized spacial score (nSPS) is 21.6. The van der Waals surface area contributed by atoms with E-state index in [1.807, 2.05) is 0 Å². The SMILES string of the molecule is O=C(NC1(C(=O)O)CCSC1)c1ccc(SC(F)(F)F)cc1. The second-order valence-corrected chi connectivity index (χ2v) is 6.96. The third-order valence-electron chi connectivity index (χ3n) is 3.13. The Bertz CT molecular complexity index is 569. The third-order valence-corrected chi connectivity index (χ3v) is 5.06. The lowest BCUT2D eigenvalue weighted by atomic mass is 9.98. The van der Waals surface area contributed by atoms with Gasteiger partial charge in [-0.3, -0.25) is 4.79 Å². The number of amides is 1. The second-order valence-electron chi connectivity index (χ2n) is 4.72. The molecule has 9 heteroatoms. The van der Waals surface area contributed by atoms with Gasteiger partial charge in [0.05, 0.1) is 0 Å². The molecule has 0 radical (unpaired) electrons. The van der Waals surface area contributed by atoms with Crippen molar-refractivity contribution in [2.45, 2.75) is 22.4 Å². The van der Waals surface area contributed by atoms with Crippen LogP contribution >= 0.6 is 23.5 Å². The molecular formula is C13H12F3NO3S2. The van der Waals surface area contributed by atoms with Crippen LogP contribution in [0.5, 0.6) is 0 Å². The molecule has 4 nitrogen and oxygen atoms in total. The van der Waals surface area contributed by atoms with Gasteiger partial charge in [-0.2, -0.15) is 24.9 Å². The molecule has 0 saturated carbocycles. The number of thioether (sulfide) groups is 2. The molecule has 1 aromatic carbocycles. The molecule has 1 heterocycles. The number of halogens is 3. The van der Waals surface area contributed by atoms with Crippen LogP contribution in [0.25, 0.3) is 0 Å². The number of rotatable bonds is 4. The van der Waals surface area contributed by atoms with Gasteiger partial charge in [-0.15, -0.1) is 0 Å². The fourth-order valence-corrected chi connectivity index (χ4v) is 3.85. The second kappa shape index (κ2) is 6.41. The van der Waals surface area contributed by atoms with Gasteiger partial charge in [0.1, 0.15) is 5.54 Å². The van der Waals surface area contributed by atoms with Crippen molar-refractivity contribution >= 4 is 35.4 Å². The predicted octanol–water partition coefficient (Wildman–Crippen LogP) is 2.99.